The van der Waals surface area contributed by atoms with E-state index in [2.05, 4.69) is 54.5 Å². The number of carboxylic acids is 1. The molecule has 17 heteroatoms. The van der Waals surface area contributed by atoms with E-state index in [4.69, 9.17) is 28.4 Å². The zero-order valence-corrected chi connectivity index (χ0v) is 37.8. The fourth-order valence-electron chi connectivity index (χ4n) is 14.7. The maximum atomic E-state index is 13.1. The van der Waals surface area contributed by atoms with E-state index in [-0.39, 0.29) is 39.4 Å². The van der Waals surface area contributed by atoms with E-state index >= 15 is 0 Å². The zero-order chi connectivity index (χ0) is 46.0. The van der Waals surface area contributed by atoms with Crippen molar-refractivity contribution in [3.63, 3.8) is 0 Å². The lowest BCUT2D eigenvalue weighted by Crippen LogP contribution is -2.69. The number of aliphatic hydroxyl groups is 9. The fraction of sp³-hybridized carbons (Fsp3) is 0.935. The van der Waals surface area contributed by atoms with E-state index in [9.17, 15) is 55.9 Å². The van der Waals surface area contributed by atoms with Crippen LogP contribution in [0.1, 0.15) is 106 Å². The van der Waals surface area contributed by atoms with Gasteiger partial charge in [-0.1, -0.05) is 60.1 Å². The highest BCUT2D eigenvalue weighted by Crippen LogP contribution is 2.76. The number of rotatable bonds is 8. The summed E-state index contributed by atoms with van der Waals surface area (Å²) in [5, 5.41) is 109. The highest BCUT2D eigenvalue weighted by Gasteiger charge is 2.70. The van der Waals surface area contributed by atoms with Crippen molar-refractivity contribution < 1.29 is 84.3 Å². The third-order valence-corrected chi connectivity index (χ3v) is 18.5. The van der Waals surface area contributed by atoms with Crippen molar-refractivity contribution in [1.29, 1.82) is 0 Å². The highest BCUT2D eigenvalue weighted by molar-refractivity contribution is 5.76. The van der Waals surface area contributed by atoms with Crippen molar-refractivity contribution in [3.8, 4) is 0 Å². The summed E-state index contributed by atoms with van der Waals surface area (Å²) < 4.78 is 35.5. The summed E-state index contributed by atoms with van der Waals surface area (Å²) in [6.07, 6.45) is -13.4. The van der Waals surface area contributed by atoms with Gasteiger partial charge in [0.25, 0.3) is 0 Å². The quantitative estimate of drug-likeness (QED) is 0.120. The minimum atomic E-state index is -1.76. The Morgan fingerprint density at radius 1 is 0.683 bits per heavy atom. The molecule has 0 aromatic rings. The van der Waals surface area contributed by atoms with E-state index in [1.807, 2.05) is 0 Å². The number of hydrogen-bond acceptors (Lipinski definition) is 16. The Morgan fingerprint density at radius 3 is 1.98 bits per heavy atom. The molecule has 0 amide bonds. The molecule has 10 N–H and O–H groups in total. The number of hydrogen-bond donors (Lipinski definition) is 10. The average molecular weight is 899 g/mol. The first-order valence-corrected chi connectivity index (χ1v) is 23.2. The Hall–Kier alpha value is -1.39. The van der Waals surface area contributed by atoms with Crippen LogP contribution in [0.3, 0.4) is 0 Å². The molecule has 8 rings (SSSR count). The van der Waals surface area contributed by atoms with Crippen molar-refractivity contribution in [2.24, 2.45) is 50.2 Å². The summed E-state index contributed by atoms with van der Waals surface area (Å²) in [6, 6.07) is 0. The lowest BCUT2D eigenvalue weighted by molar-refractivity contribution is -0.381. The topological polar surface area (TPSA) is 275 Å². The molecule has 0 unspecified atom stereocenters. The first-order valence-electron chi connectivity index (χ1n) is 23.2. The van der Waals surface area contributed by atoms with Gasteiger partial charge in [-0.2, -0.15) is 0 Å². The molecular formula is C46H74O17. The summed E-state index contributed by atoms with van der Waals surface area (Å²) >= 11 is 0. The molecule has 0 radical (unpaired) electrons. The van der Waals surface area contributed by atoms with Gasteiger partial charge in [-0.15, -0.1) is 0 Å². The maximum absolute atomic E-state index is 13.1. The van der Waals surface area contributed by atoms with Gasteiger partial charge in [0.1, 0.15) is 61.0 Å². The minimum Gasteiger partial charge on any atom is -0.481 e. The summed E-state index contributed by atoms with van der Waals surface area (Å²) in [5.41, 5.74) is -0.791. The third kappa shape index (κ3) is 7.50. The summed E-state index contributed by atoms with van der Waals surface area (Å²) in [6.45, 7) is 14.2. The Labute approximate surface area is 369 Å². The van der Waals surface area contributed by atoms with Crippen LogP contribution in [-0.4, -0.2) is 169 Å². The molecule has 3 heterocycles. The second-order valence-corrected chi connectivity index (χ2v) is 22.7. The SMILES string of the molecule is CC1(C)CC[C@]2(C(=O)O)CC[C@]3(C)C(=CC[C@H]4[C@@]5(C)C[C@H](O)[C@H](O[C@@H]6O[C@H](CO)[C@@H](O)[C@H](O[C@@H]7OC[C@@H](O)[C@H](O)[C@@H]7O[C@@H]7OC[C@H](O)[C@H](O)[C@@H]7O)[C@@H]6O)C(C)(C)[C@H]5CC[C@]43C)[C@H]2C1. The number of fused-ring (bicyclic) bond motifs is 7. The molecule has 63 heavy (non-hydrogen) atoms. The Balaban J connectivity index is 1.02. The van der Waals surface area contributed by atoms with Gasteiger partial charge in [-0.25, -0.2) is 0 Å². The van der Waals surface area contributed by atoms with Crippen LogP contribution in [0.15, 0.2) is 11.6 Å². The van der Waals surface area contributed by atoms with E-state index < -0.39 is 129 Å². The van der Waals surface area contributed by atoms with Gasteiger partial charge in [-0.3, -0.25) is 4.79 Å². The van der Waals surface area contributed by atoms with Gasteiger partial charge in [-0.05, 0) is 103 Å². The molecule has 8 aliphatic rings. The smallest absolute Gasteiger partial charge is 0.310 e. The number of carboxylic acid groups (broad SMARTS) is 1. The van der Waals surface area contributed by atoms with Crippen molar-refractivity contribution in [1.82, 2.24) is 0 Å². The van der Waals surface area contributed by atoms with Crippen LogP contribution in [0, 0.1) is 50.2 Å². The van der Waals surface area contributed by atoms with Crippen LogP contribution in [-0.2, 0) is 33.2 Å². The summed E-state index contributed by atoms with van der Waals surface area (Å²) in [4.78, 5) is 13.1. The minimum absolute atomic E-state index is 0.0227. The first-order chi connectivity index (χ1) is 29.4. The maximum Gasteiger partial charge on any atom is 0.310 e. The Kier molecular flexibility index (Phi) is 12.7. The number of ether oxygens (including phenoxy) is 6. The molecule has 0 aromatic heterocycles. The predicted molar refractivity (Wildman–Crippen MR) is 220 cm³/mol. The largest absolute Gasteiger partial charge is 0.481 e. The number of carbonyl (C=O) groups is 1. The van der Waals surface area contributed by atoms with Gasteiger partial charge >= 0.3 is 5.97 Å². The normalized spacial score (nSPS) is 54.1. The summed E-state index contributed by atoms with van der Waals surface area (Å²) in [7, 11) is 0. The van der Waals surface area contributed by atoms with Crippen molar-refractivity contribution in [2.75, 3.05) is 19.8 Å². The van der Waals surface area contributed by atoms with Crippen molar-refractivity contribution in [2.45, 2.75) is 198 Å². The lowest BCUT2D eigenvalue weighted by atomic mass is 9.33. The Bertz CT molecular complexity index is 1730. The third-order valence-electron chi connectivity index (χ3n) is 18.5. The molecule has 0 spiro atoms. The monoisotopic (exact) mass is 898 g/mol. The van der Waals surface area contributed by atoms with Crippen LogP contribution in [0.4, 0.5) is 0 Å². The molecule has 360 valence electrons. The molecule has 0 bridgehead atoms. The molecule has 4 saturated carbocycles. The fourth-order valence-corrected chi connectivity index (χ4v) is 14.7. The van der Waals surface area contributed by atoms with E-state index in [1.165, 1.54) is 5.57 Å². The lowest BCUT2D eigenvalue weighted by Gasteiger charge is -2.71. The number of aliphatic hydroxyl groups excluding tert-OH is 9. The standard InChI is InChI=1S/C46H74O17/c1-41(2)12-14-46(40(56)57)15-13-44(6)21(22(46)16-41)8-9-28-43(5)17-23(48)36(42(3,4)27(43)10-11-45(28,44)7)63-38-33(55)34(31(53)26(18-47)60-38)61-39-35(30(52)25(50)20-59-39)62-37-32(54)29(51)24(49)19-58-37/h8,22-39,47-55H,9-20H2,1-7H3,(H,56,57)/t22-,23+,24+,25-,26-,27-,28+,29+,30+,31-,32+,33+,34+,35+,36+,37+,38+,39+,43+,44-,45-,46+/m1/s1. The highest BCUT2D eigenvalue weighted by atomic mass is 16.8. The van der Waals surface area contributed by atoms with Crippen molar-refractivity contribution >= 4 is 5.97 Å². The van der Waals surface area contributed by atoms with Crippen LogP contribution in [0.25, 0.3) is 0 Å². The molecule has 3 aliphatic heterocycles. The van der Waals surface area contributed by atoms with Gasteiger partial charge in [0.2, 0.25) is 0 Å². The number of aliphatic carboxylic acids is 1. The van der Waals surface area contributed by atoms with Crippen LogP contribution >= 0.6 is 0 Å². The van der Waals surface area contributed by atoms with Crippen LogP contribution in [0.2, 0.25) is 0 Å². The van der Waals surface area contributed by atoms with Gasteiger partial charge in [0, 0.05) is 0 Å². The van der Waals surface area contributed by atoms with Gasteiger partial charge in [0.15, 0.2) is 18.9 Å². The first kappa shape index (κ1) is 48.1. The number of allylic oxidation sites excluding steroid dienone is 2. The molecule has 17 nitrogen and oxygen atoms in total. The molecule has 3 saturated heterocycles. The second kappa shape index (κ2) is 16.7. The summed E-state index contributed by atoms with van der Waals surface area (Å²) in [5.74, 6) is -0.464. The molecular weight excluding hydrogens is 824 g/mol. The van der Waals surface area contributed by atoms with Gasteiger partial charge in [0.05, 0.1) is 37.4 Å². The van der Waals surface area contributed by atoms with Crippen LogP contribution in [0.5, 0.6) is 0 Å². The van der Waals surface area contributed by atoms with E-state index in [1.54, 1.807) is 0 Å². The van der Waals surface area contributed by atoms with Crippen LogP contribution < -0.4 is 0 Å². The average Bonchev–Trinajstić information content (AvgIpc) is 3.21. The Morgan fingerprint density at radius 2 is 1.32 bits per heavy atom. The molecule has 22 atom stereocenters. The van der Waals surface area contributed by atoms with E-state index in [0.717, 1.165) is 38.5 Å². The predicted octanol–water partition coefficient (Wildman–Crippen LogP) is 0.955. The zero-order valence-electron chi connectivity index (χ0n) is 37.8. The molecule has 0 aromatic carbocycles. The second-order valence-electron chi connectivity index (χ2n) is 22.7. The molecule has 5 aliphatic carbocycles. The van der Waals surface area contributed by atoms with Gasteiger partial charge < -0.3 is 79.5 Å². The molecule has 7 fully saturated rings. The van der Waals surface area contributed by atoms with E-state index in [0.29, 0.717) is 19.3 Å². The van der Waals surface area contributed by atoms with Crippen molar-refractivity contribution in [3.05, 3.63) is 11.6 Å².